The lowest BCUT2D eigenvalue weighted by Gasteiger charge is -2.42. The lowest BCUT2D eigenvalue weighted by molar-refractivity contribution is 0.0714. The number of nitrogens with zero attached hydrogens (tertiary/aromatic N) is 6. The summed E-state index contributed by atoms with van der Waals surface area (Å²) in [6.07, 6.45) is 2.27. The quantitative estimate of drug-likeness (QED) is 0.662. The lowest BCUT2D eigenvalue weighted by Crippen LogP contribution is -2.61. The van der Waals surface area contributed by atoms with Gasteiger partial charge in [-0.05, 0) is 52.0 Å². The van der Waals surface area contributed by atoms with E-state index in [0.717, 1.165) is 41.7 Å². The van der Waals surface area contributed by atoms with E-state index in [1.165, 1.54) is 0 Å². The maximum absolute atomic E-state index is 12.9. The molecule has 1 aromatic carbocycles. The topological polar surface area (TPSA) is 90.1 Å². The smallest absolute Gasteiger partial charge is 0.251 e. The summed E-state index contributed by atoms with van der Waals surface area (Å²) in [5, 5.41) is 12.3. The van der Waals surface area contributed by atoms with Gasteiger partial charge in [0.25, 0.3) is 5.91 Å². The molecule has 0 saturated carbocycles. The van der Waals surface area contributed by atoms with E-state index in [0.29, 0.717) is 24.6 Å². The summed E-state index contributed by atoms with van der Waals surface area (Å²) in [6, 6.07) is 8.44. The second kappa shape index (κ2) is 8.05. The maximum Gasteiger partial charge on any atom is 0.251 e. The second-order valence-corrected chi connectivity index (χ2v) is 9.05. The Hall–Kier alpha value is -3.20. The Morgan fingerprint density at radius 3 is 2.72 bits per heavy atom. The zero-order valence-corrected chi connectivity index (χ0v) is 18.9. The van der Waals surface area contributed by atoms with Gasteiger partial charge in [-0.15, -0.1) is 0 Å². The van der Waals surface area contributed by atoms with Crippen LogP contribution in [-0.2, 0) is 6.42 Å². The Morgan fingerprint density at radius 1 is 1.16 bits per heavy atom. The highest BCUT2D eigenvalue weighted by atomic mass is 16.5. The summed E-state index contributed by atoms with van der Waals surface area (Å²) in [4.78, 5) is 19.7. The molecule has 0 aliphatic carbocycles. The van der Waals surface area contributed by atoms with Crippen LogP contribution < -0.4 is 10.1 Å². The van der Waals surface area contributed by atoms with Gasteiger partial charge >= 0.3 is 0 Å². The zero-order valence-electron chi connectivity index (χ0n) is 18.9. The molecule has 9 nitrogen and oxygen atoms in total. The molecule has 32 heavy (non-hydrogen) atoms. The second-order valence-electron chi connectivity index (χ2n) is 9.05. The summed E-state index contributed by atoms with van der Waals surface area (Å²) in [7, 11) is 0. The van der Waals surface area contributed by atoms with Crippen molar-refractivity contribution in [3.63, 3.8) is 0 Å². The fourth-order valence-corrected chi connectivity index (χ4v) is 4.23. The molecule has 2 aliphatic heterocycles. The van der Waals surface area contributed by atoms with Crippen LogP contribution in [0.2, 0.25) is 0 Å². The van der Waals surface area contributed by atoms with Gasteiger partial charge in [-0.25, -0.2) is 14.3 Å². The van der Waals surface area contributed by atoms with E-state index in [4.69, 9.17) is 9.84 Å². The van der Waals surface area contributed by atoms with Gasteiger partial charge in [0, 0.05) is 42.9 Å². The van der Waals surface area contributed by atoms with Crippen molar-refractivity contribution in [3.05, 3.63) is 41.9 Å². The first-order valence-electron chi connectivity index (χ1n) is 11.2. The van der Waals surface area contributed by atoms with Gasteiger partial charge in [0.1, 0.15) is 23.5 Å². The first kappa shape index (κ1) is 20.7. The van der Waals surface area contributed by atoms with Gasteiger partial charge in [0.15, 0.2) is 5.82 Å². The summed E-state index contributed by atoms with van der Waals surface area (Å²) in [6.45, 7) is 10.8. The third kappa shape index (κ3) is 3.66. The fraction of sp³-hybridized carbons (Fsp3) is 0.478. The Balaban J connectivity index is 1.44. The van der Waals surface area contributed by atoms with Crippen molar-refractivity contribution in [2.45, 2.75) is 52.2 Å². The molecule has 3 aromatic rings. The van der Waals surface area contributed by atoms with Crippen LogP contribution in [0.15, 0.2) is 30.6 Å². The lowest BCUT2D eigenvalue weighted by atomic mass is 10.1. The molecule has 0 atom stereocenters. The van der Waals surface area contributed by atoms with Crippen LogP contribution in [0, 0.1) is 0 Å². The molecule has 1 amide bonds. The number of amides is 1. The van der Waals surface area contributed by atoms with Crippen molar-refractivity contribution < 1.29 is 9.53 Å². The largest absolute Gasteiger partial charge is 0.491 e. The first-order chi connectivity index (χ1) is 15.4. The number of fused-ring (bicyclic) bond motifs is 3. The normalized spacial score (nSPS) is 16.3. The highest BCUT2D eigenvalue weighted by Gasteiger charge is 2.30. The van der Waals surface area contributed by atoms with Crippen molar-refractivity contribution >= 4 is 5.91 Å². The minimum atomic E-state index is -0.0704. The molecule has 0 unspecified atom stereocenters. The molecule has 0 bridgehead atoms. The minimum Gasteiger partial charge on any atom is -0.491 e. The van der Waals surface area contributed by atoms with E-state index in [1.807, 2.05) is 33.6 Å². The summed E-state index contributed by atoms with van der Waals surface area (Å²) < 4.78 is 9.67. The third-order valence-electron chi connectivity index (χ3n) is 6.11. The number of carbonyl (C=O) groups excluding carboxylic acids is 1. The first-order valence-corrected chi connectivity index (χ1v) is 11.2. The molecule has 9 heteroatoms. The molecule has 1 fully saturated rings. The Kier molecular flexibility index (Phi) is 5.21. The molecule has 0 radical (unpaired) electrons. The van der Waals surface area contributed by atoms with Crippen molar-refractivity contribution in [1.29, 1.82) is 0 Å². The molecule has 168 valence electrons. The van der Waals surface area contributed by atoms with E-state index in [9.17, 15) is 4.79 Å². The number of hydrogen-bond donors (Lipinski definition) is 1. The van der Waals surface area contributed by atoms with E-state index in [2.05, 4.69) is 48.0 Å². The van der Waals surface area contributed by atoms with Crippen LogP contribution in [0.1, 0.15) is 49.8 Å². The third-order valence-corrected chi connectivity index (χ3v) is 6.11. The molecular formula is C23H29N7O2. The van der Waals surface area contributed by atoms with Gasteiger partial charge in [-0.1, -0.05) is 0 Å². The molecule has 5 rings (SSSR count). The monoisotopic (exact) mass is 435 g/mol. The number of nitrogens with one attached hydrogen (secondary N) is 1. The van der Waals surface area contributed by atoms with Crippen LogP contribution in [0.5, 0.6) is 5.75 Å². The Morgan fingerprint density at radius 2 is 1.97 bits per heavy atom. The highest BCUT2D eigenvalue weighted by molar-refractivity contribution is 5.95. The Bertz CT molecular complexity index is 1140. The minimum absolute atomic E-state index is 0.0704. The molecule has 2 aromatic heterocycles. The van der Waals surface area contributed by atoms with Crippen molar-refractivity contribution in [2.75, 3.05) is 19.7 Å². The molecule has 0 spiro atoms. The van der Waals surface area contributed by atoms with Crippen LogP contribution >= 0.6 is 0 Å². The molecular weight excluding hydrogens is 406 g/mol. The van der Waals surface area contributed by atoms with Crippen molar-refractivity contribution in [3.8, 4) is 23.0 Å². The van der Waals surface area contributed by atoms with Gasteiger partial charge in [0.05, 0.1) is 12.6 Å². The summed E-state index contributed by atoms with van der Waals surface area (Å²) in [5.41, 5.74) is 3.15. The summed E-state index contributed by atoms with van der Waals surface area (Å²) >= 11 is 0. The predicted octanol–water partition coefficient (Wildman–Crippen LogP) is 2.47. The Labute approximate surface area is 187 Å². The molecule has 2 aliphatic rings. The van der Waals surface area contributed by atoms with Gasteiger partial charge in [0.2, 0.25) is 0 Å². The average molecular weight is 436 g/mol. The van der Waals surface area contributed by atoms with Crippen molar-refractivity contribution in [1.82, 2.24) is 34.8 Å². The number of carbonyl (C=O) groups is 1. The number of ether oxygens (including phenoxy) is 1. The van der Waals surface area contributed by atoms with Gasteiger partial charge in [-0.3, -0.25) is 9.69 Å². The van der Waals surface area contributed by atoms with Crippen LogP contribution in [0.4, 0.5) is 0 Å². The predicted molar refractivity (Wildman–Crippen MR) is 120 cm³/mol. The summed E-state index contributed by atoms with van der Waals surface area (Å²) in [5.74, 6) is 1.38. The van der Waals surface area contributed by atoms with Crippen molar-refractivity contribution in [2.24, 2.45) is 0 Å². The van der Waals surface area contributed by atoms with E-state index in [-0.39, 0.29) is 18.0 Å². The van der Waals surface area contributed by atoms with E-state index >= 15 is 0 Å². The number of hydrogen-bond acceptors (Lipinski definition) is 6. The number of likely N-dealkylation sites (tertiary alicyclic amines) is 1. The maximum atomic E-state index is 12.9. The number of rotatable bonds is 5. The SMILES string of the molecule is CC(C)N1CC(NC(=O)c2ccc3c(c2)-n2nc(-c4ncnn4C(C)C)cc2CCO3)C1. The van der Waals surface area contributed by atoms with Gasteiger partial charge in [-0.2, -0.15) is 10.2 Å². The number of aromatic nitrogens is 5. The van der Waals surface area contributed by atoms with Gasteiger partial charge < -0.3 is 10.1 Å². The molecule has 1 saturated heterocycles. The number of benzene rings is 1. The standard InChI is InChI=1S/C23H29N7O2/c1-14(2)28-11-17(12-28)26-23(31)16-5-6-21-20(9-16)30-18(7-8-32-21)10-19(27-30)22-24-13-25-29(22)15(3)4/h5-6,9-10,13-15,17H,7-8,11-12H2,1-4H3,(H,26,31). The zero-order chi connectivity index (χ0) is 22.4. The van der Waals surface area contributed by atoms with Crippen LogP contribution in [-0.4, -0.2) is 67.1 Å². The molecule has 4 heterocycles. The molecule has 1 N–H and O–H groups in total. The van der Waals surface area contributed by atoms with Crippen LogP contribution in [0.3, 0.4) is 0 Å². The van der Waals surface area contributed by atoms with E-state index < -0.39 is 0 Å². The highest BCUT2D eigenvalue weighted by Crippen LogP contribution is 2.31. The fourth-order valence-electron chi connectivity index (χ4n) is 4.23. The van der Waals surface area contributed by atoms with Crippen LogP contribution in [0.25, 0.3) is 17.2 Å². The average Bonchev–Trinajstić information content (AvgIpc) is 3.34. The van der Waals surface area contributed by atoms with E-state index in [1.54, 1.807) is 6.33 Å².